The lowest BCUT2D eigenvalue weighted by molar-refractivity contribution is -0.143. The lowest BCUT2D eigenvalue weighted by Crippen LogP contribution is -2.45. The first-order valence-corrected chi connectivity index (χ1v) is 6.09. The zero-order chi connectivity index (χ0) is 15.7. The lowest BCUT2D eigenvalue weighted by atomic mass is 10.0. The molecule has 8 heteroatoms. The second kappa shape index (κ2) is 8.95. The van der Waals surface area contributed by atoms with Gasteiger partial charge in [-0.25, -0.2) is 4.79 Å². The maximum Gasteiger partial charge on any atom is 0.326 e. The van der Waals surface area contributed by atoms with Crippen molar-refractivity contribution >= 4 is 23.9 Å². The van der Waals surface area contributed by atoms with Gasteiger partial charge in [-0.3, -0.25) is 9.59 Å². The minimum atomic E-state index is -1.23. The molecule has 8 nitrogen and oxygen atoms in total. The highest BCUT2D eigenvalue weighted by Crippen LogP contribution is 2.07. The lowest BCUT2D eigenvalue weighted by Gasteiger charge is -2.20. The van der Waals surface area contributed by atoms with Crippen molar-refractivity contribution in [1.29, 1.82) is 0 Å². The molecule has 0 saturated heterocycles. The van der Waals surface area contributed by atoms with Gasteiger partial charge < -0.3 is 20.7 Å². The second-order valence-corrected chi connectivity index (χ2v) is 4.38. The number of aliphatic carboxylic acids is 1. The first-order chi connectivity index (χ1) is 9.33. The summed E-state index contributed by atoms with van der Waals surface area (Å²) in [6, 6.07) is -1.18. The fourth-order valence-corrected chi connectivity index (χ4v) is 1.39. The number of carboxylic acid groups (broad SMARTS) is 1. The molecule has 0 rings (SSSR count). The van der Waals surface area contributed by atoms with Crippen molar-refractivity contribution in [2.24, 2.45) is 5.92 Å². The van der Waals surface area contributed by atoms with Crippen LogP contribution in [0.2, 0.25) is 0 Å². The Hall–Kier alpha value is -2.05. The summed E-state index contributed by atoms with van der Waals surface area (Å²) in [5, 5.41) is 11.4. The number of hydrogen-bond donors (Lipinski definition) is 2. The van der Waals surface area contributed by atoms with Crippen molar-refractivity contribution in [2.45, 2.75) is 38.8 Å². The molecule has 0 spiro atoms. The minimum absolute atomic E-state index is 0.0833. The molecule has 0 aromatic carbocycles. The topological polar surface area (TPSA) is 129 Å². The van der Waals surface area contributed by atoms with E-state index in [-0.39, 0.29) is 18.9 Å². The van der Waals surface area contributed by atoms with Gasteiger partial charge in [0.15, 0.2) is 0 Å². The van der Waals surface area contributed by atoms with Crippen LogP contribution in [0.4, 0.5) is 0 Å². The van der Waals surface area contributed by atoms with Gasteiger partial charge in [0.05, 0.1) is 12.0 Å². The van der Waals surface area contributed by atoms with Crippen molar-refractivity contribution in [3.63, 3.8) is 0 Å². The standard InChI is InChI=1S/C12H19N3O5/c1-7(8(2)20-3)11(17)15-10(12(18)19)5-4-9(16)6-14-13/h6-8,10H,4-5H2,1-3H3,(H,15,17)(H,18,19)/t7-,8+,10+/m1/s1. The minimum Gasteiger partial charge on any atom is -0.480 e. The normalized spacial score (nSPS) is 14.6. The Morgan fingerprint density at radius 3 is 2.45 bits per heavy atom. The van der Waals surface area contributed by atoms with E-state index in [1.165, 1.54) is 7.11 Å². The van der Waals surface area contributed by atoms with Crippen molar-refractivity contribution < 1.29 is 29.0 Å². The van der Waals surface area contributed by atoms with Crippen LogP contribution >= 0.6 is 0 Å². The molecule has 0 aliphatic carbocycles. The highest BCUT2D eigenvalue weighted by molar-refractivity contribution is 6.25. The molecule has 3 atom stereocenters. The maximum atomic E-state index is 11.8. The molecule has 0 heterocycles. The van der Waals surface area contributed by atoms with Crippen molar-refractivity contribution in [2.75, 3.05) is 7.11 Å². The SMILES string of the molecule is CO[C@@H](C)[C@@H](C)C(=O)N[C@@H](CCC(=O)C=[N+]=[N-])C(=O)O. The van der Waals surface area contributed by atoms with Crippen molar-refractivity contribution in [3.8, 4) is 0 Å². The van der Waals surface area contributed by atoms with Crippen LogP contribution in [0.25, 0.3) is 5.53 Å². The molecule has 2 N–H and O–H groups in total. The number of hydrogen-bond acceptors (Lipinski definition) is 4. The van der Waals surface area contributed by atoms with E-state index in [9.17, 15) is 14.4 Å². The van der Waals surface area contributed by atoms with E-state index in [1.807, 2.05) is 0 Å². The molecule has 0 aromatic rings. The Kier molecular flexibility index (Phi) is 8.03. The molecule has 0 radical (unpaired) electrons. The first-order valence-electron chi connectivity index (χ1n) is 6.09. The summed E-state index contributed by atoms with van der Waals surface area (Å²) in [5.41, 5.74) is 8.17. The molecule has 20 heavy (non-hydrogen) atoms. The van der Waals surface area contributed by atoms with Crippen LogP contribution in [0.1, 0.15) is 26.7 Å². The molecule has 0 saturated carbocycles. The molecule has 0 aliphatic heterocycles. The number of carboxylic acids is 1. The van der Waals surface area contributed by atoms with Gasteiger partial charge in [-0.15, -0.1) is 0 Å². The summed E-state index contributed by atoms with van der Waals surface area (Å²) in [7, 11) is 1.45. The van der Waals surface area contributed by atoms with Crippen molar-refractivity contribution in [1.82, 2.24) is 5.32 Å². The van der Waals surface area contributed by atoms with Crippen LogP contribution in [0.5, 0.6) is 0 Å². The summed E-state index contributed by atoms with van der Waals surface area (Å²) >= 11 is 0. The molecular formula is C12H19N3O5. The highest BCUT2D eigenvalue weighted by Gasteiger charge is 2.26. The fraction of sp³-hybridized carbons (Fsp3) is 0.667. The fourth-order valence-electron chi connectivity index (χ4n) is 1.39. The highest BCUT2D eigenvalue weighted by atomic mass is 16.5. The summed E-state index contributed by atoms with van der Waals surface area (Å²) in [4.78, 5) is 36.5. The predicted octanol–water partition coefficient (Wildman–Crippen LogP) is -0.123. The molecule has 0 unspecified atom stereocenters. The number of carbonyl (C=O) groups is 3. The van der Waals surface area contributed by atoms with Gasteiger partial charge in [0.1, 0.15) is 6.04 Å². The van der Waals surface area contributed by atoms with Crippen molar-refractivity contribution in [3.05, 3.63) is 5.53 Å². The number of amides is 1. The van der Waals surface area contributed by atoms with Crippen LogP contribution < -0.4 is 5.32 Å². The largest absolute Gasteiger partial charge is 0.480 e. The zero-order valence-corrected chi connectivity index (χ0v) is 11.7. The van der Waals surface area contributed by atoms with Gasteiger partial charge >= 0.3 is 12.2 Å². The molecule has 0 fully saturated rings. The third-order valence-corrected chi connectivity index (χ3v) is 2.99. The number of ketones is 1. The van der Waals surface area contributed by atoms with Crippen LogP contribution in [-0.2, 0) is 19.1 Å². The third-order valence-electron chi connectivity index (χ3n) is 2.99. The van der Waals surface area contributed by atoms with Crippen LogP contribution in [0.3, 0.4) is 0 Å². The van der Waals surface area contributed by atoms with Gasteiger partial charge in [0.2, 0.25) is 11.7 Å². The average molecular weight is 285 g/mol. The zero-order valence-electron chi connectivity index (χ0n) is 11.7. The number of carbonyl (C=O) groups excluding carboxylic acids is 2. The van der Waals surface area contributed by atoms with E-state index < -0.39 is 29.6 Å². The number of nitrogens with one attached hydrogen (secondary N) is 1. The summed E-state index contributed by atoms with van der Waals surface area (Å²) in [6.07, 6.45) is 0.110. The number of methoxy groups -OCH3 is 1. The first kappa shape index (κ1) is 17.9. The third kappa shape index (κ3) is 6.21. The van der Waals surface area contributed by atoms with Crippen LogP contribution in [0.15, 0.2) is 0 Å². The summed E-state index contributed by atoms with van der Waals surface area (Å²) in [5.74, 6) is -2.73. The Morgan fingerprint density at radius 1 is 1.40 bits per heavy atom. The molecule has 1 amide bonds. The number of ether oxygens (including phenoxy) is 1. The summed E-state index contributed by atoms with van der Waals surface area (Å²) in [6.45, 7) is 3.31. The van der Waals surface area contributed by atoms with E-state index in [1.54, 1.807) is 13.8 Å². The molecule has 0 aliphatic rings. The molecular weight excluding hydrogens is 266 g/mol. The Balaban J connectivity index is 4.55. The van der Waals surface area contributed by atoms with Gasteiger partial charge in [-0.2, -0.15) is 4.79 Å². The van der Waals surface area contributed by atoms with Gasteiger partial charge in [0, 0.05) is 13.5 Å². The Labute approximate surface area is 116 Å². The van der Waals surface area contributed by atoms with E-state index in [4.69, 9.17) is 15.4 Å². The number of nitrogens with zero attached hydrogens (tertiary/aromatic N) is 2. The average Bonchev–Trinajstić information content (AvgIpc) is 2.41. The van der Waals surface area contributed by atoms with E-state index in [2.05, 4.69) is 10.1 Å². The monoisotopic (exact) mass is 285 g/mol. The van der Waals surface area contributed by atoms with Crippen LogP contribution in [0, 0.1) is 5.92 Å². The Morgan fingerprint density at radius 2 is 2.00 bits per heavy atom. The van der Waals surface area contributed by atoms with Gasteiger partial charge in [-0.1, -0.05) is 6.92 Å². The maximum absolute atomic E-state index is 11.8. The number of Topliss-reactive ketones (excluding diaryl/α,β-unsaturated/α-hetero) is 1. The summed E-state index contributed by atoms with van der Waals surface area (Å²) < 4.78 is 5.00. The van der Waals surface area contributed by atoms with Crippen LogP contribution in [-0.4, -0.2) is 53.0 Å². The second-order valence-electron chi connectivity index (χ2n) is 4.38. The predicted molar refractivity (Wildman–Crippen MR) is 69.1 cm³/mol. The molecule has 0 aromatic heterocycles. The van der Waals surface area contributed by atoms with E-state index >= 15 is 0 Å². The van der Waals surface area contributed by atoms with E-state index in [0.29, 0.717) is 6.21 Å². The smallest absolute Gasteiger partial charge is 0.326 e. The van der Waals surface area contributed by atoms with Gasteiger partial charge in [0.25, 0.3) is 0 Å². The number of rotatable bonds is 9. The van der Waals surface area contributed by atoms with E-state index in [0.717, 1.165) is 0 Å². The molecule has 0 bridgehead atoms. The molecule has 112 valence electrons. The Bertz CT molecular complexity index is 417. The quantitative estimate of drug-likeness (QED) is 0.346. The van der Waals surface area contributed by atoms with Gasteiger partial charge in [-0.05, 0) is 13.3 Å².